The van der Waals surface area contributed by atoms with E-state index in [1.807, 2.05) is 29.6 Å². The Labute approximate surface area is 114 Å². The van der Waals surface area contributed by atoms with E-state index >= 15 is 0 Å². The highest BCUT2D eigenvalue weighted by Crippen LogP contribution is 2.25. The summed E-state index contributed by atoms with van der Waals surface area (Å²) in [5, 5.41) is 13.3. The van der Waals surface area contributed by atoms with Gasteiger partial charge in [-0.3, -0.25) is 4.79 Å². The summed E-state index contributed by atoms with van der Waals surface area (Å²) in [4.78, 5) is 15.5. The van der Waals surface area contributed by atoms with Crippen molar-refractivity contribution in [3.63, 3.8) is 0 Å². The minimum Gasteiger partial charge on any atom is -0.301 e. The van der Waals surface area contributed by atoms with E-state index in [0.717, 1.165) is 16.8 Å². The molecule has 0 aliphatic heterocycles. The molecule has 0 fully saturated rings. The maximum absolute atomic E-state index is 11.3. The van der Waals surface area contributed by atoms with Crippen molar-refractivity contribution in [2.75, 3.05) is 5.32 Å². The fourth-order valence-electron chi connectivity index (χ4n) is 1.44. The van der Waals surface area contributed by atoms with Gasteiger partial charge in [-0.1, -0.05) is 18.1 Å². The van der Waals surface area contributed by atoms with Gasteiger partial charge in [0.1, 0.15) is 6.42 Å². The monoisotopic (exact) mass is 267 g/mol. The van der Waals surface area contributed by atoms with Crippen LogP contribution in [-0.2, 0) is 4.79 Å². The molecule has 0 aliphatic carbocycles. The lowest BCUT2D eigenvalue weighted by Gasteiger charge is -1.97. The topological polar surface area (TPSA) is 65.8 Å². The van der Waals surface area contributed by atoms with Gasteiger partial charge in [0.15, 0.2) is 5.13 Å². The van der Waals surface area contributed by atoms with Crippen LogP contribution in [0.2, 0.25) is 0 Å². The summed E-state index contributed by atoms with van der Waals surface area (Å²) in [7, 11) is 0. The summed E-state index contributed by atoms with van der Waals surface area (Å²) in [5.74, 6) is 2.19. The van der Waals surface area contributed by atoms with Gasteiger partial charge in [-0.25, -0.2) is 4.98 Å². The molecule has 0 radical (unpaired) electrons. The number of rotatable bonds is 3. The van der Waals surface area contributed by atoms with Gasteiger partial charge in [-0.2, -0.15) is 5.26 Å². The number of hydrogen-bond acceptors (Lipinski definition) is 4. The van der Waals surface area contributed by atoms with Crippen molar-refractivity contribution in [1.82, 2.24) is 4.98 Å². The number of benzene rings is 1. The molecule has 92 valence electrons. The first-order valence-electron chi connectivity index (χ1n) is 5.42. The van der Waals surface area contributed by atoms with Crippen LogP contribution in [0.5, 0.6) is 0 Å². The maximum Gasteiger partial charge on any atom is 0.240 e. The molecular formula is C14H9N3OS. The second-order valence-corrected chi connectivity index (χ2v) is 4.50. The van der Waals surface area contributed by atoms with Crippen LogP contribution in [0.1, 0.15) is 12.0 Å². The molecule has 1 aromatic heterocycles. The van der Waals surface area contributed by atoms with E-state index in [0.29, 0.717) is 5.13 Å². The van der Waals surface area contributed by atoms with Gasteiger partial charge in [0.05, 0.1) is 11.8 Å². The Bertz CT molecular complexity index is 674. The minimum absolute atomic E-state index is 0.175. The number of aromatic nitrogens is 1. The van der Waals surface area contributed by atoms with E-state index in [4.69, 9.17) is 11.7 Å². The van der Waals surface area contributed by atoms with Crippen molar-refractivity contribution >= 4 is 22.4 Å². The van der Waals surface area contributed by atoms with Crippen LogP contribution < -0.4 is 5.32 Å². The van der Waals surface area contributed by atoms with Crippen molar-refractivity contribution in [2.45, 2.75) is 6.42 Å². The molecule has 1 heterocycles. The molecule has 0 unspecified atom stereocenters. The summed E-state index contributed by atoms with van der Waals surface area (Å²) >= 11 is 1.32. The van der Waals surface area contributed by atoms with Crippen molar-refractivity contribution in [2.24, 2.45) is 0 Å². The van der Waals surface area contributed by atoms with Gasteiger partial charge in [0, 0.05) is 16.5 Å². The first kappa shape index (κ1) is 12.8. The first-order valence-corrected chi connectivity index (χ1v) is 6.30. The second kappa shape index (κ2) is 5.81. The highest BCUT2D eigenvalue weighted by Gasteiger charge is 2.07. The maximum atomic E-state index is 11.3. The van der Waals surface area contributed by atoms with Gasteiger partial charge < -0.3 is 5.32 Å². The van der Waals surface area contributed by atoms with E-state index < -0.39 is 0 Å². The molecule has 0 aliphatic rings. The van der Waals surface area contributed by atoms with Crippen molar-refractivity contribution < 1.29 is 4.79 Å². The van der Waals surface area contributed by atoms with Crippen LogP contribution >= 0.6 is 11.3 Å². The third-order valence-corrected chi connectivity index (χ3v) is 3.10. The Morgan fingerprint density at radius 1 is 1.42 bits per heavy atom. The zero-order valence-corrected chi connectivity index (χ0v) is 10.7. The minimum atomic E-state index is -0.355. The van der Waals surface area contributed by atoms with Crippen LogP contribution in [-0.4, -0.2) is 10.9 Å². The molecule has 5 heteroatoms. The Balaban J connectivity index is 2.14. The SMILES string of the molecule is C#Cc1ccc(-c2csc(NC(=O)CC#N)n2)cc1. The van der Waals surface area contributed by atoms with Gasteiger partial charge in [0.2, 0.25) is 5.91 Å². The predicted octanol–water partition coefficient (Wildman–Crippen LogP) is 2.64. The van der Waals surface area contributed by atoms with E-state index in [-0.39, 0.29) is 12.3 Å². The number of amides is 1. The zero-order chi connectivity index (χ0) is 13.7. The molecule has 1 aromatic carbocycles. The average molecular weight is 267 g/mol. The molecule has 4 nitrogen and oxygen atoms in total. The van der Waals surface area contributed by atoms with E-state index in [2.05, 4.69) is 16.2 Å². The lowest BCUT2D eigenvalue weighted by atomic mass is 10.1. The third kappa shape index (κ3) is 3.19. The summed E-state index contributed by atoms with van der Waals surface area (Å²) in [6.07, 6.45) is 5.11. The Morgan fingerprint density at radius 2 is 2.16 bits per heavy atom. The second-order valence-electron chi connectivity index (χ2n) is 3.64. The quantitative estimate of drug-likeness (QED) is 0.869. The number of nitrogens with zero attached hydrogens (tertiary/aromatic N) is 2. The molecule has 0 saturated carbocycles. The number of anilines is 1. The first-order chi connectivity index (χ1) is 9.22. The standard InChI is InChI=1S/C14H9N3OS/c1-2-10-3-5-11(6-4-10)12-9-19-14(16-12)17-13(18)7-8-15/h1,3-6,9H,7H2,(H,16,17,18). The normalized spacial score (nSPS) is 9.37. The molecular weight excluding hydrogens is 258 g/mol. The number of hydrogen-bond donors (Lipinski definition) is 1. The lowest BCUT2D eigenvalue weighted by molar-refractivity contribution is -0.115. The van der Waals surface area contributed by atoms with Crippen LogP contribution in [0, 0.1) is 23.7 Å². The third-order valence-electron chi connectivity index (χ3n) is 2.34. The molecule has 0 spiro atoms. The number of carbonyl (C=O) groups excluding carboxylic acids is 1. The molecule has 2 aromatic rings. The van der Waals surface area contributed by atoms with E-state index in [9.17, 15) is 4.79 Å². The highest BCUT2D eigenvalue weighted by atomic mass is 32.1. The Kier molecular flexibility index (Phi) is 3.92. The fraction of sp³-hybridized carbons (Fsp3) is 0.0714. The van der Waals surface area contributed by atoms with Gasteiger partial charge in [-0.15, -0.1) is 17.8 Å². The molecule has 19 heavy (non-hydrogen) atoms. The van der Waals surface area contributed by atoms with Crippen LogP contribution in [0.15, 0.2) is 29.6 Å². The molecule has 0 saturated heterocycles. The summed E-state index contributed by atoms with van der Waals surface area (Å²) < 4.78 is 0. The van der Waals surface area contributed by atoms with E-state index in [1.54, 1.807) is 6.07 Å². The largest absolute Gasteiger partial charge is 0.301 e. The van der Waals surface area contributed by atoms with Gasteiger partial charge in [0.25, 0.3) is 0 Å². The van der Waals surface area contributed by atoms with Gasteiger partial charge >= 0.3 is 0 Å². The molecule has 0 atom stereocenters. The number of nitrogens with one attached hydrogen (secondary N) is 1. The molecule has 0 bridgehead atoms. The highest BCUT2D eigenvalue weighted by molar-refractivity contribution is 7.14. The number of thiazole rings is 1. The van der Waals surface area contributed by atoms with Crippen LogP contribution in [0.4, 0.5) is 5.13 Å². The average Bonchev–Trinajstić information content (AvgIpc) is 2.87. The fourth-order valence-corrected chi connectivity index (χ4v) is 2.17. The molecule has 1 amide bonds. The summed E-state index contributed by atoms with van der Waals surface area (Å²) in [6, 6.07) is 9.22. The summed E-state index contributed by atoms with van der Waals surface area (Å²) in [5.41, 5.74) is 2.50. The molecule has 2 rings (SSSR count). The number of carbonyl (C=O) groups is 1. The van der Waals surface area contributed by atoms with Crippen LogP contribution in [0.25, 0.3) is 11.3 Å². The Morgan fingerprint density at radius 3 is 2.79 bits per heavy atom. The number of terminal acetylenes is 1. The van der Waals surface area contributed by atoms with E-state index in [1.165, 1.54) is 11.3 Å². The van der Waals surface area contributed by atoms with Crippen molar-refractivity contribution in [3.8, 4) is 29.7 Å². The van der Waals surface area contributed by atoms with Gasteiger partial charge in [-0.05, 0) is 12.1 Å². The lowest BCUT2D eigenvalue weighted by Crippen LogP contribution is -2.09. The van der Waals surface area contributed by atoms with Crippen molar-refractivity contribution in [3.05, 3.63) is 35.2 Å². The summed E-state index contributed by atoms with van der Waals surface area (Å²) in [6.45, 7) is 0. The van der Waals surface area contributed by atoms with Crippen LogP contribution in [0.3, 0.4) is 0 Å². The number of nitriles is 1. The molecule has 1 N–H and O–H groups in total. The smallest absolute Gasteiger partial charge is 0.240 e. The zero-order valence-electron chi connectivity index (χ0n) is 9.88. The predicted molar refractivity (Wildman–Crippen MR) is 74.3 cm³/mol. The Hall–Kier alpha value is -2.63. The van der Waals surface area contributed by atoms with Crippen molar-refractivity contribution in [1.29, 1.82) is 5.26 Å².